The Morgan fingerprint density at radius 2 is 2.07 bits per heavy atom. The molecule has 0 fully saturated rings. The van der Waals surface area contributed by atoms with E-state index in [-0.39, 0.29) is 0 Å². The van der Waals surface area contributed by atoms with Crippen molar-refractivity contribution in [3.63, 3.8) is 0 Å². The van der Waals surface area contributed by atoms with Crippen molar-refractivity contribution in [1.29, 1.82) is 0 Å². The second-order valence-electron chi connectivity index (χ2n) is 3.37. The Balaban J connectivity index is 2.87. The summed E-state index contributed by atoms with van der Waals surface area (Å²) >= 11 is 0. The van der Waals surface area contributed by atoms with Crippen LogP contribution in [0.4, 0.5) is 5.82 Å². The Labute approximate surface area is 81.9 Å². The van der Waals surface area contributed by atoms with E-state index in [1.165, 1.54) is 0 Å². The Morgan fingerprint density at radius 1 is 1.36 bits per heavy atom. The number of hydrogen-bond acceptors (Lipinski definition) is 4. The van der Waals surface area contributed by atoms with Gasteiger partial charge in [0, 0.05) is 17.3 Å². The van der Waals surface area contributed by atoms with Gasteiger partial charge in [-0.15, -0.1) is 0 Å². The number of fused-ring (bicyclic) bond motifs is 1. The molecule has 0 bridgehead atoms. The minimum atomic E-state index is 0.792. The van der Waals surface area contributed by atoms with Crippen LogP contribution in [0.5, 0.6) is 0 Å². The van der Waals surface area contributed by atoms with Crippen LogP contribution in [0.15, 0.2) is 6.07 Å². The van der Waals surface area contributed by atoms with Gasteiger partial charge in [-0.25, -0.2) is 10.8 Å². The zero-order valence-electron chi connectivity index (χ0n) is 8.50. The molecule has 0 unspecified atom stereocenters. The van der Waals surface area contributed by atoms with Crippen molar-refractivity contribution in [2.75, 3.05) is 5.43 Å². The predicted octanol–water partition coefficient (Wildman–Crippen LogP) is 0.940. The summed E-state index contributed by atoms with van der Waals surface area (Å²) in [4.78, 5) is 4.41. The molecule has 5 heteroatoms. The van der Waals surface area contributed by atoms with E-state index in [0.29, 0.717) is 0 Å². The van der Waals surface area contributed by atoms with E-state index in [2.05, 4.69) is 15.5 Å². The first-order chi connectivity index (χ1) is 6.63. The van der Waals surface area contributed by atoms with Crippen LogP contribution in [0.3, 0.4) is 0 Å². The molecule has 0 atom stereocenters. The normalized spacial score (nSPS) is 10.9. The standard InChI is InChI=1S/C9H13N5/c1-5-4-8-11-7(3)6(2)9(12-10)14(8)13-5/h4,12H,10H2,1-3H3. The van der Waals surface area contributed by atoms with E-state index in [1.807, 2.05) is 26.8 Å². The quantitative estimate of drug-likeness (QED) is 0.520. The minimum Gasteiger partial charge on any atom is -0.308 e. The largest absolute Gasteiger partial charge is 0.308 e. The van der Waals surface area contributed by atoms with Crippen LogP contribution < -0.4 is 11.3 Å². The number of nitrogens with zero attached hydrogens (tertiary/aromatic N) is 3. The van der Waals surface area contributed by atoms with Crippen molar-refractivity contribution < 1.29 is 0 Å². The molecule has 14 heavy (non-hydrogen) atoms. The van der Waals surface area contributed by atoms with E-state index in [4.69, 9.17) is 5.84 Å². The number of nitrogens with two attached hydrogens (primary N) is 1. The van der Waals surface area contributed by atoms with E-state index in [9.17, 15) is 0 Å². The molecule has 2 aromatic heterocycles. The van der Waals surface area contributed by atoms with Gasteiger partial charge < -0.3 is 5.43 Å². The number of nitrogens with one attached hydrogen (secondary N) is 1. The van der Waals surface area contributed by atoms with Gasteiger partial charge >= 0.3 is 0 Å². The first kappa shape index (κ1) is 8.96. The van der Waals surface area contributed by atoms with Crippen molar-refractivity contribution in [2.45, 2.75) is 20.8 Å². The van der Waals surface area contributed by atoms with Crippen molar-refractivity contribution in [3.8, 4) is 0 Å². The lowest BCUT2D eigenvalue weighted by Gasteiger charge is -2.08. The molecule has 0 aromatic carbocycles. The Kier molecular flexibility index (Phi) is 1.89. The highest BCUT2D eigenvalue weighted by molar-refractivity contribution is 5.54. The van der Waals surface area contributed by atoms with Gasteiger partial charge in [-0.05, 0) is 20.8 Å². The van der Waals surface area contributed by atoms with Crippen LogP contribution in [-0.4, -0.2) is 14.6 Å². The molecule has 0 saturated carbocycles. The third-order valence-corrected chi connectivity index (χ3v) is 2.34. The lowest BCUT2D eigenvalue weighted by Crippen LogP contribution is -2.14. The van der Waals surface area contributed by atoms with E-state index >= 15 is 0 Å². The molecule has 74 valence electrons. The maximum Gasteiger partial charge on any atom is 0.157 e. The number of hydrazine groups is 1. The molecule has 2 heterocycles. The third-order valence-electron chi connectivity index (χ3n) is 2.34. The van der Waals surface area contributed by atoms with Crippen LogP contribution in [0.1, 0.15) is 17.0 Å². The number of rotatable bonds is 1. The Bertz CT molecular complexity index is 485. The van der Waals surface area contributed by atoms with Gasteiger partial charge in [0.15, 0.2) is 5.65 Å². The van der Waals surface area contributed by atoms with Gasteiger partial charge in [-0.3, -0.25) is 0 Å². The summed E-state index contributed by atoms with van der Waals surface area (Å²) in [6.45, 7) is 5.85. The molecule has 2 rings (SSSR count). The molecule has 5 nitrogen and oxygen atoms in total. The summed E-state index contributed by atoms with van der Waals surface area (Å²) in [6.07, 6.45) is 0. The second kappa shape index (κ2) is 2.95. The van der Waals surface area contributed by atoms with Crippen molar-refractivity contribution in [2.24, 2.45) is 5.84 Å². The lowest BCUT2D eigenvalue weighted by atomic mass is 10.2. The lowest BCUT2D eigenvalue weighted by molar-refractivity contribution is 0.896. The fourth-order valence-corrected chi connectivity index (χ4v) is 1.49. The van der Waals surface area contributed by atoms with E-state index in [0.717, 1.165) is 28.4 Å². The van der Waals surface area contributed by atoms with Gasteiger partial charge in [0.1, 0.15) is 5.82 Å². The molecule has 0 radical (unpaired) electrons. The van der Waals surface area contributed by atoms with Crippen molar-refractivity contribution in [3.05, 3.63) is 23.0 Å². The number of nitrogen functional groups attached to an aromatic ring is 1. The summed E-state index contributed by atoms with van der Waals surface area (Å²) in [5.41, 5.74) is 6.38. The monoisotopic (exact) mass is 191 g/mol. The van der Waals surface area contributed by atoms with Gasteiger partial charge in [0.05, 0.1) is 5.69 Å². The molecule has 0 saturated heterocycles. The summed E-state index contributed by atoms with van der Waals surface area (Å²) in [5.74, 6) is 6.25. The topological polar surface area (TPSA) is 68.2 Å². The second-order valence-corrected chi connectivity index (χ2v) is 3.37. The van der Waals surface area contributed by atoms with Crippen LogP contribution in [0.25, 0.3) is 5.65 Å². The van der Waals surface area contributed by atoms with Crippen molar-refractivity contribution in [1.82, 2.24) is 14.6 Å². The molecule has 0 aliphatic rings. The number of aromatic nitrogens is 3. The highest BCUT2D eigenvalue weighted by Crippen LogP contribution is 2.18. The Hall–Kier alpha value is -1.62. The zero-order chi connectivity index (χ0) is 10.3. The first-order valence-electron chi connectivity index (χ1n) is 4.43. The SMILES string of the molecule is Cc1cc2nc(C)c(C)c(NN)n2n1. The summed E-state index contributed by atoms with van der Waals surface area (Å²) in [7, 11) is 0. The van der Waals surface area contributed by atoms with Crippen molar-refractivity contribution >= 4 is 11.5 Å². The summed E-state index contributed by atoms with van der Waals surface area (Å²) in [5, 5.41) is 4.30. The van der Waals surface area contributed by atoms with Crippen LogP contribution in [0.2, 0.25) is 0 Å². The maximum absolute atomic E-state index is 5.46. The minimum absolute atomic E-state index is 0.792. The van der Waals surface area contributed by atoms with Gasteiger partial charge in [0.2, 0.25) is 0 Å². The molecule has 0 spiro atoms. The highest BCUT2D eigenvalue weighted by atomic mass is 15.4. The predicted molar refractivity (Wildman–Crippen MR) is 55.0 cm³/mol. The third kappa shape index (κ3) is 1.13. The van der Waals surface area contributed by atoms with Crippen LogP contribution >= 0.6 is 0 Å². The van der Waals surface area contributed by atoms with E-state index < -0.39 is 0 Å². The number of aryl methyl sites for hydroxylation is 2. The smallest absolute Gasteiger partial charge is 0.157 e. The fraction of sp³-hybridized carbons (Fsp3) is 0.333. The molecular formula is C9H13N5. The molecule has 0 aliphatic carbocycles. The summed E-state index contributed by atoms with van der Waals surface area (Å²) < 4.78 is 1.72. The molecule has 0 aliphatic heterocycles. The maximum atomic E-state index is 5.46. The number of anilines is 1. The van der Waals surface area contributed by atoms with Crippen LogP contribution in [-0.2, 0) is 0 Å². The first-order valence-corrected chi connectivity index (χ1v) is 4.43. The van der Waals surface area contributed by atoms with E-state index in [1.54, 1.807) is 4.52 Å². The zero-order valence-corrected chi connectivity index (χ0v) is 8.50. The fourth-order valence-electron chi connectivity index (χ4n) is 1.49. The van der Waals surface area contributed by atoms with Gasteiger partial charge in [-0.2, -0.15) is 9.61 Å². The average Bonchev–Trinajstić information content (AvgIpc) is 2.47. The molecule has 2 aromatic rings. The highest BCUT2D eigenvalue weighted by Gasteiger charge is 2.09. The average molecular weight is 191 g/mol. The number of hydrogen-bond donors (Lipinski definition) is 2. The molecule has 0 amide bonds. The Morgan fingerprint density at radius 3 is 2.71 bits per heavy atom. The molecular weight excluding hydrogens is 178 g/mol. The summed E-state index contributed by atoms with van der Waals surface area (Å²) in [6, 6.07) is 1.92. The van der Waals surface area contributed by atoms with Crippen LogP contribution in [0, 0.1) is 20.8 Å². The molecule has 3 N–H and O–H groups in total. The van der Waals surface area contributed by atoms with Gasteiger partial charge in [-0.1, -0.05) is 0 Å². The van der Waals surface area contributed by atoms with Gasteiger partial charge in [0.25, 0.3) is 0 Å².